The van der Waals surface area contributed by atoms with Gasteiger partial charge in [0.15, 0.2) is 5.82 Å². The number of carbonyl (C=O) groups excluding carboxylic acids is 1. The number of hydrogen-bond donors (Lipinski definition) is 0. The molecule has 3 aromatic rings. The summed E-state index contributed by atoms with van der Waals surface area (Å²) in [6.45, 7) is 2.07. The molecule has 2 heterocycles. The molecule has 0 radical (unpaired) electrons. The molecule has 4 rings (SSSR count). The first-order chi connectivity index (χ1) is 15.1. The average molecular weight is 499 g/mol. The number of carbonyl (C=O) groups is 1. The number of ether oxygens (including phenoxy) is 2. The van der Waals surface area contributed by atoms with Crippen molar-refractivity contribution in [2.45, 2.75) is 12.1 Å². The Morgan fingerprint density at radius 3 is 2.58 bits per heavy atom. The minimum atomic E-state index is -0.410. The Bertz CT molecular complexity index is 1150. The molecule has 0 atom stereocenters. The fourth-order valence-electron chi connectivity index (χ4n) is 2.97. The molecule has 1 aliphatic rings. The highest BCUT2D eigenvalue weighted by Gasteiger charge is 2.25. The number of benzene rings is 2. The van der Waals surface area contributed by atoms with Crippen molar-refractivity contribution in [3.05, 3.63) is 64.1 Å². The van der Waals surface area contributed by atoms with Crippen LogP contribution in [0.5, 0.6) is 5.75 Å². The largest absolute Gasteiger partial charge is 0.497 e. The number of hydrogen-bond acceptors (Lipinski definition) is 7. The summed E-state index contributed by atoms with van der Waals surface area (Å²) in [5, 5.41) is 13.9. The lowest BCUT2D eigenvalue weighted by Gasteiger charge is -2.16. The fourth-order valence-corrected chi connectivity index (χ4v) is 4.07. The second-order valence-corrected chi connectivity index (χ2v) is 8.37. The summed E-state index contributed by atoms with van der Waals surface area (Å²) in [6, 6.07) is 15.2. The lowest BCUT2D eigenvalue weighted by atomic mass is 10.1. The van der Waals surface area contributed by atoms with Crippen LogP contribution in [0.2, 0.25) is 0 Å². The first kappa shape index (κ1) is 21.3. The van der Waals surface area contributed by atoms with E-state index in [1.807, 2.05) is 48.5 Å². The molecule has 0 fully saturated rings. The molecule has 0 saturated heterocycles. The summed E-state index contributed by atoms with van der Waals surface area (Å²) >= 11 is 4.90. The molecule has 0 spiro atoms. The number of thioether (sulfide) groups is 1. The van der Waals surface area contributed by atoms with Gasteiger partial charge in [-0.05, 0) is 55.0 Å². The standard InChI is InChI=1S/C22H19BrN4O3S/c1-3-30-21(28)18(12-14-4-8-16(23)9-5-14)19-13-31-22-25-24-20(27(22)26-19)15-6-10-17(29-2)11-7-15/h4-12H,3,13H2,1-2H3/b18-12+. The van der Waals surface area contributed by atoms with Crippen LogP contribution < -0.4 is 4.74 Å². The summed E-state index contributed by atoms with van der Waals surface area (Å²) in [5.41, 5.74) is 2.74. The molecule has 0 bridgehead atoms. The second kappa shape index (κ2) is 9.49. The number of rotatable bonds is 6. The van der Waals surface area contributed by atoms with Gasteiger partial charge >= 0.3 is 5.97 Å². The maximum Gasteiger partial charge on any atom is 0.340 e. The number of aromatic nitrogens is 3. The van der Waals surface area contributed by atoms with Crippen LogP contribution in [0.3, 0.4) is 0 Å². The van der Waals surface area contributed by atoms with Crippen LogP contribution in [-0.4, -0.2) is 46.0 Å². The minimum absolute atomic E-state index is 0.284. The molecule has 0 aliphatic carbocycles. The zero-order valence-corrected chi connectivity index (χ0v) is 19.3. The van der Waals surface area contributed by atoms with Gasteiger partial charge in [-0.3, -0.25) is 0 Å². The van der Waals surface area contributed by atoms with Crippen LogP contribution in [0.15, 0.2) is 68.8 Å². The molecule has 0 N–H and O–H groups in total. The molecular formula is C22H19BrN4O3S. The molecule has 7 nitrogen and oxygen atoms in total. The summed E-state index contributed by atoms with van der Waals surface area (Å²) in [6.07, 6.45) is 1.80. The van der Waals surface area contributed by atoms with Crippen LogP contribution in [0, 0.1) is 0 Å². The Hall–Kier alpha value is -2.91. The van der Waals surface area contributed by atoms with E-state index in [9.17, 15) is 4.79 Å². The number of fused-ring (bicyclic) bond motifs is 1. The van der Waals surface area contributed by atoms with E-state index in [2.05, 4.69) is 26.1 Å². The third kappa shape index (κ3) is 4.72. The van der Waals surface area contributed by atoms with E-state index >= 15 is 0 Å². The highest BCUT2D eigenvalue weighted by Crippen LogP contribution is 2.30. The van der Waals surface area contributed by atoms with Crippen molar-refractivity contribution in [3.8, 4) is 17.1 Å². The maximum atomic E-state index is 12.7. The molecule has 0 unspecified atom stereocenters. The van der Waals surface area contributed by atoms with Gasteiger partial charge in [-0.25, -0.2) is 4.79 Å². The van der Waals surface area contributed by atoms with Crippen molar-refractivity contribution in [3.63, 3.8) is 0 Å². The normalized spacial score (nSPS) is 13.4. The predicted octanol–water partition coefficient (Wildman–Crippen LogP) is 4.67. The molecule has 158 valence electrons. The van der Waals surface area contributed by atoms with Crippen molar-refractivity contribution >= 4 is 45.4 Å². The van der Waals surface area contributed by atoms with Gasteiger partial charge in [-0.15, -0.1) is 10.2 Å². The van der Waals surface area contributed by atoms with Crippen molar-refractivity contribution < 1.29 is 14.3 Å². The fraction of sp³-hybridized carbons (Fsp3) is 0.182. The summed E-state index contributed by atoms with van der Waals surface area (Å²) in [4.78, 5) is 12.7. The van der Waals surface area contributed by atoms with Crippen molar-refractivity contribution in [2.24, 2.45) is 5.10 Å². The highest BCUT2D eigenvalue weighted by molar-refractivity contribution is 9.10. The summed E-state index contributed by atoms with van der Waals surface area (Å²) in [7, 11) is 1.62. The van der Waals surface area contributed by atoms with Crippen molar-refractivity contribution in [1.82, 2.24) is 14.9 Å². The third-order valence-electron chi connectivity index (χ3n) is 4.51. The molecule has 0 saturated carbocycles. The van der Waals surface area contributed by atoms with E-state index in [1.54, 1.807) is 24.8 Å². The summed E-state index contributed by atoms with van der Waals surface area (Å²) in [5.74, 6) is 1.42. The molecular weight excluding hydrogens is 480 g/mol. The SMILES string of the molecule is CCOC(=O)/C(=C/c1ccc(Br)cc1)C1=Nn2c(nnc2-c2ccc(OC)cc2)SC1. The summed E-state index contributed by atoms with van der Waals surface area (Å²) < 4.78 is 13.2. The van der Waals surface area contributed by atoms with Gasteiger partial charge in [0.25, 0.3) is 0 Å². The molecule has 1 aliphatic heterocycles. The average Bonchev–Trinajstić information content (AvgIpc) is 3.22. The van der Waals surface area contributed by atoms with Crippen LogP contribution in [0.4, 0.5) is 0 Å². The van der Waals surface area contributed by atoms with Gasteiger partial charge in [0.05, 0.1) is 25.0 Å². The van der Waals surface area contributed by atoms with Gasteiger partial charge in [0, 0.05) is 15.8 Å². The lowest BCUT2D eigenvalue weighted by Crippen LogP contribution is -2.21. The molecule has 31 heavy (non-hydrogen) atoms. The van der Waals surface area contributed by atoms with Gasteiger partial charge < -0.3 is 9.47 Å². The molecule has 9 heteroatoms. The van der Waals surface area contributed by atoms with E-state index in [1.165, 1.54) is 11.8 Å². The van der Waals surface area contributed by atoms with E-state index in [-0.39, 0.29) is 6.61 Å². The van der Waals surface area contributed by atoms with Crippen molar-refractivity contribution in [1.29, 1.82) is 0 Å². The molecule has 2 aromatic carbocycles. The van der Waals surface area contributed by atoms with E-state index in [0.717, 1.165) is 21.3 Å². The van der Waals surface area contributed by atoms with E-state index in [4.69, 9.17) is 14.6 Å². The van der Waals surface area contributed by atoms with E-state index in [0.29, 0.717) is 28.0 Å². The van der Waals surface area contributed by atoms with Gasteiger partial charge in [-0.1, -0.05) is 39.8 Å². The number of methoxy groups -OCH3 is 1. The quantitative estimate of drug-likeness (QED) is 0.362. The predicted molar refractivity (Wildman–Crippen MR) is 124 cm³/mol. The van der Waals surface area contributed by atoms with Crippen LogP contribution in [-0.2, 0) is 9.53 Å². The van der Waals surface area contributed by atoms with Crippen LogP contribution in [0.25, 0.3) is 17.5 Å². The first-order valence-corrected chi connectivity index (χ1v) is 11.3. The van der Waals surface area contributed by atoms with Gasteiger partial charge in [0.1, 0.15) is 5.75 Å². The Morgan fingerprint density at radius 2 is 1.90 bits per heavy atom. The minimum Gasteiger partial charge on any atom is -0.497 e. The van der Waals surface area contributed by atoms with Crippen molar-refractivity contribution in [2.75, 3.05) is 19.5 Å². The van der Waals surface area contributed by atoms with Gasteiger partial charge in [0.2, 0.25) is 5.16 Å². The Labute approximate surface area is 192 Å². The van der Waals surface area contributed by atoms with Crippen LogP contribution >= 0.6 is 27.7 Å². The Kier molecular flexibility index (Phi) is 6.53. The number of halogens is 1. The first-order valence-electron chi connectivity index (χ1n) is 9.54. The number of nitrogens with zero attached hydrogens (tertiary/aromatic N) is 4. The van der Waals surface area contributed by atoms with E-state index < -0.39 is 5.97 Å². The number of esters is 1. The maximum absolute atomic E-state index is 12.7. The molecule has 1 aromatic heterocycles. The van der Waals surface area contributed by atoms with Gasteiger partial charge in [-0.2, -0.15) is 9.78 Å². The smallest absolute Gasteiger partial charge is 0.340 e. The topological polar surface area (TPSA) is 78.6 Å². The highest BCUT2D eigenvalue weighted by atomic mass is 79.9. The second-order valence-electron chi connectivity index (χ2n) is 6.51. The third-order valence-corrected chi connectivity index (χ3v) is 5.97. The zero-order chi connectivity index (χ0) is 21.8. The lowest BCUT2D eigenvalue weighted by molar-refractivity contribution is -0.137. The zero-order valence-electron chi connectivity index (χ0n) is 16.9. The van der Waals surface area contributed by atoms with Crippen LogP contribution in [0.1, 0.15) is 12.5 Å². The Morgan fingerprint density at radius 1 is 1.16 bits per heavy atom. The Balaban J connectivity index is 1.75. The monoisotopic (exact) mass is 498 g/mol. The molecule has 0 amide bonds.